The van der Waals surface area contributed by atoms with Gasteiger partial charge in [-0.1, -0.05) is 6.92 Å². The Labute approximate surface area is 96.7 Å². The van der Waals surface area contributed by atoms with Gasteiger partial charge in [-0.15, -0.1) is 0 Å². The van der Waals surface area contributed by atoms with Crippen molar-refractivity contribution in [1.82, 2.24) is 15.3 Å². The SMILES string of the molecule is Cc1cc(CNC2CC2)nc(C2(C)CC2)n1. The van der Waals surface area contributed by atoms with Gasteiger partial charge in [0.1, 0.15) is 5.82 Å². The van der Waals surface area contributed by atoms with Gasteiger partial charge in [-0.05, 0) is 38.7 Å². The second-order valence-electron chi connectivity index (χ2n) is 5.54. The van der Waals surface area contributed by atoms with E-state index in [9.17, 15) is 0 Å². The predicted molar refractivity (Wildman–Crippen MR) is 63.2 cm³/mol. The molecule has 0 bridgehead atoms. The highest BCUT2D eigenvalue weighted by atomic mass is 15.0. The minimum atomic E-state index is 0.278. The van der Waals surface area contributed by atoms with E-state index in [1.807, 2.05) is 0 Å². The molecule has 0 aromatic carbocycles. The van der Waals surface area contributed by atoms with Crippen LogP contribution >= 0.6 is 0 Å². The van der Waals surface area contributed by atoms with Gasteiger partial charge in [-0.25, -0.2) is 9.97 Å². The van der Waals surface area contributed by atoms with Gasteiger partial charge < -0.3 is 5.32 Å². The Balaban J connectivity index is 1.78. The van der Waals surface area contributed by atoms with Gasteiger partial charge in [-0.3, -0.25) is 0 Å². The van der Waals surface area contributed by atoms with E-state index < -0.39 is 0 Å². The van der Waals surface area contributed by atoms with E-state index in [4.69, 9.17) is 4.98 Å². The zero-order chi connectivity index (χ0) is 11.2. The second kappa shape index (κ2) is 3.52. The van der Waals surface area contributed by atoms with Gasteiger partial charge in [0.2, 0.25) is 0 Å². The Morgan fingerprint density at radius 2 is 2.12 bits per heavy atom. The molecule has 2 saturated carbocycles. The first-order valence-corrected chi connectivity index (χ1v) is 6.24. The number of rotatable bonds is 4. The predicted octanol–water partition coefficient (Wildman–Crippen LogP) is 2.09. The highest BCUT2D eigenvalue weighted by molar-refractivity contribution is 5.20. The van der Waals surface area contributed by atoms with Gasteiger partial charge >= 0.3 is 0 Å². The molecule has 3 heteroatoms. The largest absolute Gasteiger partial charge is 0.308 e. The summed E-state index contributed by atoms with van der Waals surface area (Å²) in [5, 5.41) is 3.51. The molecular formula is C13H19N3. The Morgan fingerprint density at radius 3 is 2.75 bits per heavy atom. The lowest BCUT2D eigenvalue weighted by Crippen LogP contribution is -2.18. The zero-order valence-electron chi connectivity index (χ0n) is 10.1. The summed E-state index contributed by atoms with van der Waals surface area (Å²) < 4.78 is 0. The average Bonchev–Trinajstić information content (AvgIpc) is 3.11. The first kappa shape index (κ1) is 10.2. The molecule has 0 radical (unpaired) electrons. The summed E-state index contributed by atoms with van der Waals surface area (Å²) in [6.45, 7) is 5.23. The number of hydrogen-bond acceptors (Lipinski definition) is 3. The maximum absolute atomic E-state index is 4.69. The van der Waals surface area contributed by atoms with Gasteiger partial charge in [0.15, 0.2) is 0 Å². The third-order valence-electron chi connectivity index (χ3n) is 3.60. The lowest BCUT2D eigenvalue weighted by atomic mass is 10.1. The van der Waals surface area contributed by atoms with E-state index in [-0.39, 0.29) is 5.41 Å². The number of hydrogen-bond donors (Lipinski definition) is 1. The van der Waals surface area contributed by atoms with Crippen molar-refractivity contribution in [2.24, 2.45) is 0 Å². The van der Waals surface area contributed by atoms with Crippen molar-refractivity contribution >= 4 is 0 Å². The summed E-state index contributed by atoms with van der Waals surface area (Å²) in [5.74, 6) is 1.06. The molecule has 1 heterocycles. The lowest BCUT2D eigenvalue weighted by molar-refractivity contribution is 0.644. The molecular weight excluding hydrogens is 198 g/mol. The second-order valence-corrected chi connectivity index (χ2v) is 5.54. The van der Waals surface area contributed by atoms with Crippen molar-refractivity contribution < 1.29 is 0 Å². The fourth-order valence-electron chi connectivity index (χ4n) is 1.94. The molecule has 0 saturated heterocycles. The van der Waals surface area contributed by atoms with Gasteiger partial charge in [-0.2, -0.15) is 0 Å². The first-order valence-electron chi connectivity index (χ1n) is 6.24. The van der Waals surface area contributed by atoms with Crippen LogP contribution in [0.2, 0.25) is 0 Å². The highest BCUT2D eigenvalue weighted by Gasteiger charge is 2.42. The van der Waals surface area contributed by atoms with Crippen LogP contribution in [-0.4, -0.2) is 16.0 Å². The van der Waals surface area contributed by atoms with E-state index in [0.29, 0.717) is 0 Å². The Bertz CT molecular complexity index is 406. The minimum Gasteiger partial charge on any atom is -0.308 e. The van der Waals surface area contributed by atoms with E-state index in [0.717, 1.165) is 29.8 Å². The molecule has 0 spiro atoms. The van der Waals surface area contributed by atoms with Crippen molar-refractivity contribution in [3.63, 3.8) is 0 Å². The van der Waals surface area contributed by atoms with E-state index in [2.05, 4.69) is 30.2 Å². The van der Waals surface area contributed by atoms with Crippen LogP contribution in [0.5, 0.6) is 0 Å². The Kier molecular flexibility index (Phi) is 2.25. The molecule has 3 rings (SSSR count). The standard InChI is InChI=1S/C13H19N3/c1-9-7-11(8-14-10-3-4-10)16-12(15-9)13(2)5-6-13/h7,10,14H,3-6,8H2,1-2H3. The van der Waals surface area contributed by atoms with Gasteiger partial charge in [0.05, 0.1) is 5.69 Å². The van der Waals surface area contributed by atoms with Crippen LogP contribution < -0.4 is 5.32 Å². The summed E-state index contributed by atoms with van der Waals surface area (Å²) in [4.78, 5) is 9.26. The smallest absolute Gasteiger partial charge is 0.134 e. The topological polar surface area (TPSA) is 37.8 Å². The van der Waals surface area contributed by atoms with E-state index in [1.54, 1.807) is 0 Å². The number of nitrogens with one attached hydrogen (secondary N) is 1. The monoisotopic (exact) mass is 217 g/mol. The average molecular weight is 217 g/mol. The molecule has 16 heavy (non-hydrogen) atoms. The van der Waals surface area contributed by atoms with E-state index in [1.165, 1.54) is 25.7 Å². The van der Waals surface area contributed by atoms with Crippen LogP contribution in [0.25, 0.3) is 0 Å². The summed E-state index contributed by atoms with van der Waals surface area (Å²) in [7, 11) is 0. The van der Waals surface area contributed by atoms with Crippen molar-refractivity contribution in [1.29, 1.82) is 0 Å². The van der Waals surface area contributed by atoms with Crippen LogP contribution in [0.1, 0.15) is 49.8 Å². The molecule has 86 valence electrons. The maximum atomic E-state index is 4.69. The molecule has 1 N–H and O–H groups in total. The van der Waals surface area contributed by atoms with Gasteiger partial charge in [0, 0.05) is 23.7 Å². The van der Waals surface area contributed by atoms with Crippen LogP contribution in [0.4, 0.5) is 0 Å². The molecule has 2 aliphatic rings. The first-order chi connectivity index (χ1) is 7.66. The molecule has 0 aliphatic heterocycles. The fourth-order valence-corrected chi connectivity index (χ4v) is 1.94. The van der Waals surface area contributed by atoms with Crippen molar-refractivity contribution in [3.8, 4) is 0 Å². The van der Waals surface area contributed by atoms with Crippen LogP contribution in [0.15, 0.2) is 6.07 Å². The normalized spacial score (nSPS) is 22.1. The molecule has 0 amide bonds. The Hall–Kier alpha value is -0.960. The lowest BCUT2D eigenvalue weighted by Gasteiger charge is -2.10. The third kappa shape index (κ3) is 2.09. The highest BCUT2D eigenvalue weighted by Crippen LogP contribution is 2.45. The van der Waals surface area contributed by atoms with E-state index >= 15 is 0 Å². The van der Waals surface area contributed by atoms with Crippen molar-refractivity contribution in [3.05, 3.63) is 23.3 Å². The summed E-state index contributed by atoms with van der Waals surface area (Å²) >= 11 is 0. The number of nitrogens with zero attached hydrogens (tertiary/aromatic N) is 2. The van der Waals surface area contributed by atoms with Crippen molar-refractivity contribution in [2.45, 2.75) is 57.5 Å². The third-order valence-corrected chi connectivity index (χ3v) is 3.60. The van der Waals surface area contributed by atoms with Crippen LogP contribution in [-0.2, 0) is 12.0 Å². The van der Waals surface area contributed by atoms with Crippen LogP contribution in [0, 0.1) is 6.92 Å². The van der Waals surface area contributed by atoms with Crippen LogP contribution in [0.3, 0.4) is 0 Å². The summed E-state index contributed by atoms with van der Waals surface area (Å²) in [6, 6.07) is 2.85. The Morgan fingerprint density at radius 1 is 1.38 bits per heavy atom. The van der Waals surface area contributed by atoms with Crippen molar-refractivity contribution in [2.75, 3.05) is 0 Å². The molecule has 2 aliphatic carbocycles. The fraction of sp³-hybridized carbons (Fsp3) is 0.692. The minimum absolute atomic E-state index is 0.278. The molecule has 1 aromatic rings. The quantitative estimate of drug-likeness (QED) is 0.839. The number of aromatic nitrogens is 2. The summed E-state index contributed by atoms with van der Waals surface area (Å²) in [6.07, 6.45) is 5.14. The molecule has 0 unspecified atom stereocenters. The maximum Gasteiger partial charge on any atom is 0.134 e. The number of aryl methyl sites for hydroxylation is 1. The molecule has 1 aromatic heterocycles. The molecule has 2 fully saturated rings. The summed E-state index contributed by atoms with van der Waals surface area (Å²) in [5.41, 5.74) is 2.54. The molecule has 0 atom stereocenters. The molecule has 3 nitrogen and oxygen atoms in total. The van der Waals surface area contributed by atoms with Gasteiger partial charge in [0.25, 0.3) is 0 Å². The zero-order valence-corrected chi connectivity index (χ0v) is 10.1.